The van der Waals surface area contributed by atoms with Gasteiger partial charge in [0.05, 0.1) is 5.56 Å². The Kier molecular flexibility index (Phi) is 6.23. The quantitative estimate of drug-likeness (QED) is 0.773. The third kappa shape index (κ3) is 5.14. The molecule has 0 bridgehead atoms. The molecular formula is C18H20N2O2S. The van der Waals surface area contributed by atoms with Crippen LogP contribution in [-0.2, 0) is 4.79 Å². The molecule has 0 saturated carbocycles. The van der Waals surface area contributed by atoms with E-state index in [1.165, 1.54) is 6.92 Å². The molecule has 0 aliphatic heterocycles. The highest BCUT2D eigenvalue weighted by atomic mass is 32.2. The summed E-state index contributed by atoms with van der Waals surface area (Å²) in [5.74, 6) is 0.732. The van der Waals surface area contributed by atoms with Crippen molar-refractivity contribution in [2.24, 2.45) is 0 Å². The van der Waals surface area contributed by atoms with Crippen molar-refractivity contribution < 1.29 is 9.59 Å². The molecule has 0 atom stereocenters. The smallest absolute Gasteiger partial charge is 0.256 e. The monoisotopic (exact) mass is 328 g/mol. The fraction of sp³-hybridized carbons (Fsp3) is 0.222. The lowest BCUT2D eigenvalue weighted by Gasteiger charge is -2.10. The molecule has 0 aliphatic carbocycles. The van der Waals surface area contributed by atoms with Gasteiger partial charge in [0.25, 0.3) is 5.91 Å². The van der Waals surface area contributed by atoms with E-state index in [1.807, 2.05) is 24.3 Å². The van der Waals surface area contributed by atoms with Crippen LogP contribution >= 0.6 is 11.8 Å². The van der Waals surface area contributed by atoms with Crippen molar-refractivity contribution in [3.63, 3.8) is 0 Å². The molecule has 0 saturated heterocycles. The van der Waals surface area contributed by atoms with E-state index >= 15 is 0 Å². The van der Waals surface area contributed by atoms with Crippen molar-refractivity contribution in [3.8, 4) is 0 Å². The van der Waals surface area contributed by atoms with E-state index in [9.17, 15) is 9.59 Å². The van der Waals surface area contributed by atoms with Gasteiger partial charge in [-0.3, -0.25) is 9.59 Å². The van der Waals surface area contributed by atoms with Gasteiger partial charge >= 0.3 is 0 Å². The van der Waals surface area contributed by atoms with Crippen molar-refractivity contribution in [3.05, 3.63) is 54.1 Å². The predicted octanol–water partition coefficient (Wildman–Crippen LogP) is 4.40. The summed E-state index contributed by atoms with van der Waals surface area (Å²) < 4.78 is 0. The lowest BCUT2D eigenvalue weighted by Crippen LogP contribution is -2.13. The molecular weight excluding hydrogens is 308 g/mol. The zero-order valence-corrected chi connectivity index (χ0v) is 14.1. The van der Waals surface area contributed by atoms with Crippen molar-refractivity contribution >= 4 is 35.0 Å². The molecule has 0 heterocycles. The second-order valence-corrected chi connectivity index (χ2v) is 6.19. The Morgan fingerprint density at radius 2 is 1.57 bits per heavy atom. The summed E-state index contributed by atoms with van der Waals surface area (Å²) in [6.45, 7) is 3.58. The molecule has 0 spiro atoms. The second kappa shape index (κ2) is 8.39. The van der Waals surface area contributed by atoms with E-state index in [1.54, 1.807) is 36.0 Å². The van der Waals surface area contributed by atoms with Crippen LogP contribution in [0, 0.1) is 0 Å². The first-order valence-corrected chi connectivity index (χ1v) is 8.49. The molecule has 2 rings (SSSR count). The molecule has 4 nitrogen and oxygen atoms in total. The van der Waals surface area contributed by atoms with Gasteiger partial charge < -0.3 is 10.6 Å². The largest absolute Gasteiger partial charge is 0.326 e. The maximum absolute atomic E-state index is 12.5. The molecule has 23 heavy (non-hydrogen) atoms. The van der Waals surface area contributed by atoms with Crippen LogP contribution in [0.2, 0.25) is 0 Å². The SMILES string of the molecule is CCCSc1ccccc1C(=O)Nc1ccc(NC(C)=O)cc1. The average Bonchev–Trinajstić information content (AvgIpc) is 2.54. The normalized spacial score (nSPS) is 10.2. The highest BCUT2D eigenvalue weighted by molar-refractivity contribution is 7.99. The van der Waals surface area contributed by atoms with Crippen LogP contribution < -0.4 is 10.6 Å². The first-order chi connectivity index (χ1) is 11.1. The summed E-state index contributed by atoms with van der Waals surface area (Å²) in [4.78, 5) is 24.5. The minimum absolute atomic E-state index is 0.122. The number of amides is 2. The number of hydrogen-bond acceptors (Lipinski definition) is 3. The van der Waals surface area contributed by atoms with Gasteiger partial charge in [-0.25, -0.2) is 0 Å². The maximum atomic E-state index is 12.5. The van der Waals surface area contributed by atoms with Crippen LogP contribution in [0.4, 0.5) is 11.4 Å². The third-order valence-corrected chi connectivity index (χ3v) is 4.34. The average molecular weight is 328 g/mol. The molecule has 2 N–H and O–H groups in total. The summed E-state index contributed by atoms with van der Waals surface area (Å²) in [5.41, 5.74) is 2.07. The molecule has 0 unspecified atom stereocenters. The van der Waals surface area contributed by atoms with Gasteiger partial charge in [-0.1, -0.05) is 19.1 Å². The molecule has 0 radical (unpaired) electrons. The lowest BCUT2D eigenvalue weighted by molar-refractivity contribution is -0.114. The summed E-state index contributed by atoms with van der Waals surface area (Å²) in [6.07, 6.45) is 1.06. The molecule has 2 aromatic carbocycles. The number of carbonyl (C=O) groups excluding carboxylic acids is 2. The van der Waals surface area contributed by atoms with Crippen LogP contribution in [0.3, 0.4) is 0 Å². The summed E-state index contributed by atoms with van der Waals surface area (Å²) >= 11 is 1.69. The van der Waals surface area contributed by atoms with Crippen LogP contribution in [0.1, 0.15) is 30.6 Å². The van der Waals surface area contributed by atoms with Crippen molar-refractivity contribution in [2.45, 2.75) is 25.2 Å². The number of carbonyl (C=O) groups is 2. The Balaban J connectivity index is 2.08. The third-order valence-electron chi connectivity index (χ3n) is 3.06. The van der Waals surface area contributed by atoms with E-state index in [0.717, 1.165) is 17.1 Å². The van der Waals surface area contributed by atoms with Gasteiger partial charge in [0.15, 0.2) is 0 Å². The Hall–Kier alpha value is -2.27. The summed E-state index contributed by atoms with van der Waals surface area (Å²) in [6, 6.07) is 14.7. The molecule has 2 amide bonds. The Morgan fingerprint density at radius 1 is 0.957 bits per heavy atom. The van der Waals surface area contributed by atoms with E-state index in [4.69, 9.17) is 0 Å². The zero-order chi connectivity index (χ0) is 16.7. The Bertz CT molecular complexity index is 684. The number of hydrogen-bond donors (Lipinski definition) is 2. The molecule has 5 heteroatoms. The van der Waals surface area contributed by atoms with E-state index in [2.05, 4.69) is 17.6 Å². The minimum atomic E-state index is -0.128. The van der Waals surface area contributed by atoms with E-state index in [-0.39, 0.29) is 11.8 Å². The first-order valence-electron chi connectivity index (χ1n) is 7.51. The molecule has 0 aromatic heterocycles. The van der Waals surface area contributed by atoms with Gasteiger partial charge in [-0.2, -0.15) is 0 Å². The molecule has 2 aromatic rings. The van der Waals surface area contributed by atoms with Crippen LogP contribution in [0.5, 0.6) is 0 Å². The van der Waals surface area contributed by atoms with E-state index < -0.39 is 0 Å². The predicted molar refractivity (Wildman–Crippen MR) is 96.2 cm³/mol. The number of anilines is 2. The maximum Gasteiger partial charge on any atom is 0.256 e. The van der Waals surface area contributed by atoms with Gasteiger partial charge in [-0.15, -0.1) is 11.8 Å². The molecule has 0 aliphatic rings. The van der Waals surface area contributed by atoms with E-state index in [0.29, 0.717) is 16.9 Å². The second-order valence-electron chi connectivity index (χ2n) is 5.06. The van der Waals surface area contributed by atoms with Gasteiger partial charge in [0, 0.05) is 23.2 Å². The lowest BCUT2D eigenvalue weighted by atomic mass is 10.2. The van der Waals surface area contributed by atoms with Crippen LogP contribution in [0.15, 0.2) is 53.4 Å². The first kappa shape index (κ1) is 17.1. The summed E-state index contributed by atoms with van der Waals surface area (Å²) in [5, 5.41) is 5.58. The number of nitrogens with one attached hydrogen (secondary N) is 2. The van der Waals surface area contributed by atoms with Crippen molar-refractivity contribution in [1.82, 2.24) is 0 Å². The Labute approximate surface area is 140 Å². The number of benzene rings is 2. The summed E-state index contributed by atoms with van der Waals surface area (Å²) in [7, 11) is 0. The standard InChI is InChI=1S/C18H20N2O2S/c1-3-12-23-17-7-5-4-6-16(17)18(22)20-15-10-8-14(9-11-15)19-13(2)21/h4-11H,3,12H2,1-2H3,(H,19,21)(H,20,22). The van der Waals surface area contributed by atoms with Gasteiger partial charge in [-0.05, 0) is 48.6 Å². The molecule has 0 fully saturated rings. The minimum Gasteiger partial charge on any atom is -0.326 e. The van der Waals surface area contributed by atoms with Crippen LogP contribution in [0.25, 0.3) is 0 Å². The number of thioether (sulfide) groups is 1. The number of rotatable bonds is 6. The Morgan fingerprint density at radius 3 is 2.17 bits per heavy atom. The fourth-order valence-corrected chi connectivity index (χ4v) is 2.95. The topological polar surface area (TPSA) is 58.2 Å². The fourth-order valence-electron chi connectivity index (χ4n) is 2.03. The van der Waals surface area contributed by atoms with Gasteiger partial charge in [0.1, 0.15) is 0 Å². The van der Waals surface area contributed by atoms with Crippen molar-refractivity contribution in [1.29, 1.82) is 0 Å². The highest BCUT2D eigenvalue weighted by Crippen LogP contribution is 2.24. The van der Waals surface area contributed by atoms with Crippen LogP contribution in [-0.4, -0.2) is 17.6 Å². The van der Waals surface area contributed by atoms with Gasteiger partial charge in [0.2, 0.25) is 5.91 Å². The highest BCUT2D eigenvalue weighted by Gasteiger charge is 2.11. The van der Waals surface area contributed by atoms with Crippen molar-refractivity contribution in [2.75, 3.05) is 16.4 Å². The zero-order valence-electron chi connectivity index (χ0n) is 13.3. The molecule has 120 valence electrons.